The predicted molar refractivity (Wildman–Crippen MR) is 66.3 cm³/mol. The SMILES string of the molecule is CC(=O)/C=C(O)/C=C/c1ccc(C)c(C)c1. The summed E-state index contributed by atoms with van der Waals surface area (Å²) in [5.74, 6) is -0.187. The first-order valence-electron chi connectivity index (χ1n) is 5.15. The molecule has 0 spiro atoms. The van der Waals surface area contributed by atoms with Gasteiger partial charge in [0, 0.05) is 6.08 Å². The third-order valence-corrected chi connectivity index (χ3v) is 2.33. The summed E-state index contributed by atoms with van der Waals surface area (Å²) in [5.41, 5.74) is 3.45. The molecule has 0 saturated carbocycles. The van der Waals surface area contributed by atoms with Crippen LogP contribution < -0.4 is 0 Å². The van der Waals surface area contributed by atoms with Crippen LogP contribution >= 0.6 is 0 Å². The second-order valence-electron chi connectivity index (χ2n) is 3.86. The Morgan fingerprint density at radius 1 is 1.25 bits per heavy atom. The molecule has 0 saturated heterocycles. The molecule has 0 aromatic heterocycles. The highest BCUT2D eigenvalue weighted by Crippen LogP contribution is 2.11. The molecule has 1 aromatic carbocycles. The van der Waals surface area contributed by atoms with E-state index in [1.807, 2.05) is 25.1 Å². The van der Waals surface area contributed by atoms with Crippen molar-refractivity contribution in [3.05, 3.63) is 52.8 Å². The number of aryl methyl sites for hydroxylation is 2. The summed E-state index contributed by atoms with van der Waals surface area (Å²) < 4.78 is 0. The molecule has 0 unspecified atom stereocenters. The van der Waals surface area contributed by atoms with Crippen LogP contribution in [0.5, 0.6) is 0 Å². The first-order valence-corrected chi connectivity index (χ1v) is 5.15. The lowest BCUT2D eigenvalue weighted by Crippen LogP contribution is -1.85. The Morgan fingerprint density at radius 2 is 1.94 bits per heavy atom. The summed E-state index contributed by atoms with van der Waals surface area (Å²) >= 11 is 0. The van der Waals surface area contributed by atoms with Gasteiger partial charge in [0.15, 0.2) is 5.78 Å². The molecule has 1 aromatic rings. The minimum Gasteiger partial charge on any atom is -0.508 e. The van der Waals surface area contributed by atoms with Gasteiger partial charge < -0.3 is 5.11 Å². The van der Waals surface area contributed by atoms with E-state index >= 15 is 0 Å². The van der Waals surface area contributed by atoms with Gasteiger partial charge in [-0.05, 0) is 43.5 Å². The number of hydrogen-bond donors (Lipinski definition) is 1. The molecule has 0 amide bonds. The number of carbonyl (C=O) groups is 1. The van der Waals surface area contributed by atoms with Gasteiger partial charge in [-0.15, -0.1) is 0 Å². The topological polar surface area (TPSA) is 37.3 Å². The summed E-state index contributed by atoms with van der Waals surface area (Å²) in [7, 11) is 0. The van der Waals surface area contributed by atoms with Crippen molar-refractivity contribution in [2.75, 3.05) is 0 Å². The zero-order valence-electron chi connectivity index (χ0n) is 9.82. The van der Waals surface area contributed by atoms with Crippen LogP contribution in [0.2, 0.25) is 0 Å². The number of benzene rings is 1. The zero-order chi connectivity index (χ0) is 12.1. The molecular weight excluding hydrogens is 200 g/mol. The number of rotatable bonds is 3. The van der Waals surface area contributed by atoms with Crippen LogP contribution in [0.4, 0.5) is 0 Å². The molecular formula is C14H16O2. The van der Waals surface area contributed by atoms with E-state index < -0.39 is 0 Å². The molecule has 0 atom stereocenters. The average molecular weight is 216 g/mol. The van der Waals surface area contributed by atoms with Crippen molar-refractivity contribution in [2.24, 2.45) is 0 Å². The van der Waals surface area contributed by atoms with Gasteiger partial charge in [0.25, 0.3) is 0 Å². The Kier molecular flexibility index (Phi) is 4.06. The molecule has 2 nitrogen and oxygen atoms in total. The average Bonchev–Trinajstić information content (AvgIpc) is 2.19. The van der Waals surface area contributed by atoms with E-state index in [2.05, 4.69) is 6.92 Å². The first-order chi connectivity index (χ1) is 7.49. The number of aliphatic hydroxyl groups is 1. The smallest absolute Gasteiger partial charge is 0.156 e. The van der Waals surface area contributed by atoms with Gasteiger partial charge >= 0.3 is 0 Å². The molecule has 0 aliphatic heterocycles. The molecule has 0 aliphatic rings. The van der Waals surface area contributed by atoms with E-state index in [1.165, 1.54) is 30.2 Å². The van der Waals surface area contributed by atoms with E-state index in [4.69, 9.17) is 0 Å². The Labute approximate surface area is 95.9 Å². The standard InChI is InChI=1S/C14H16O2/c1-10-4-5-13(8-11(10)2)6-7-14(16)9-12(3)15/h4-9,16H,1-3H3/b7-6+,14-9-. The van der Waals surface area contributed by atoms with Gasteiger partial charge in [0.2, 0.25) is 0 Å². The van der Waals surface area contributed by atoms with E-state index in [-0.39, 0.29) is 11.5 Å². The summed E-state index contributed by atoms with van der Waals surface area (Å²) in [6, 6.07) is 6.04. The summed E-state index contributed by atoms with van der Waals surface area (Å²) in [4.78, 5) is 10.7. The minimum atomic E-state index is -0.165. The minimum absolute atomic E-state index is 0.0225. The summed E-state index contributed by atoms with van der Waals surface area (Å²) in [5, 5.41) is 9.36. The highest BCUT2D eigenvalue weighted by molar-refractivity contribution is 5.88. The van der Waals surface area contributed by atoms with Crippen molar-refractivity contribution in [1.82, 2.24) is 0 Å². The maximum atomic E-state index is 10.7. The Hall–Kier alpha value is -1.83. The van der Waals surface area contributed by atoms with Gasteiger partial charge in [-0.1, -0.05) is 24.3 Å². The number of hydrogen-bond acceptors (Lipinski definition) is 2. The molecule has 0 bridgehead atoms. The predicted octanol–water partition coefficient (Wildman–Crippen LogP) is 3.35. The van der Waals surface area contributed by atoms with E-state index in [0.717, 1.165) is 5.56 Å². The van der Waals surface area contributed by atoms with Crippen LogP contribution in [0.25, 0.3) is 6.08 Å². The fourth-order valence-electron chi connectivity index (χ4n) is 1.31. The molecule has 84 valence electrons. The maximum Gasteiger partial charge on any atom is 0.156 e. The van der Waals surface area contributed by atoms with Crippen molar-refractivity contribution >= 4 is 11.9 Å². The molecule has 0 heterocycles. The van der Waals surface area contributed by atoms with E-state index in [0.29, 0.717) is 0 Å². The molecule has 1 rings (SSSR count). The Bertz CT molecular complexity index is 454. The normalized spacial score (nSPS) is 12.1. The lowest BCUT2D eigenvalue weighted by Gasteiger charge is -2.00. The van der Waals surface area contributed by atoms with Crippen molar-refractivity contribution in [3.63, 3.8) is 0 Å². The maximum absolute atomic E-state index is 10.7. The lowest BCUT2D eigenvalue weighted by molar-refractivity contribution is -0.112. The van der Waals surface area contributed by atoms with Gasteiger partial charge in [-0.2, -0.15) is 0 Å². The molecule has 1 N–H and O–H groups in total. The Morgan fingerprint density at radius 3 is 2.50 bits per heavy atom. The van der Waals surface area contributed by atoms with Crippen LogP contribution in [0.1, 0.15) is 23.6 Å². The first kappa shape index (κ1) is 12.2. The second-order valence-corrected chi connectivity index (χ2v) is 3.86. The van der Waals surface area contributed by atoms with Crippen LogP contribution in [0.3, 0.4) is 0 Å². The molecule has 0 fully saturated rings. The highest BCUT2D eigenvalue weighted by atomic mass is 16.3. The highest BCUT2D eigenvalue weighted by Gasteiger charge is 1.94. The van der Waals surface area contributed by atoms with Crippen LogP contribution in [0, 0.1) is 13.8 Å². The van der Waals surface area contributed by atoms with Crippen LogP contribution in [0.15, 0.2) is 36.1 Å². The molecule has 16 heavy (non-hydrogen) atoms. The van der Waals surface area contributed by atoms with Gasteiger partial charge in [-0.3, -0.25) is 4.79 Å². The van der Waals surface area contributed by atoms with E-state index in [1.54, 1.807) is 6.08 Å². The van der Waals surface area contributed by atoms with Crippen molar-refractivity contribution in [2.45, 2.75) is 20.8 Å². The molecule has 0 radical (unpaired) electrons. The molecule has 0 aliphatic carbocycles. The van der Waals surface area contributed by atoms with E-state index in [9.17, 15) is 9.90 Å². The zero-order valence-corrected chi connectivity index (χ0v) is 9.82. The van der Waals surface area contributed by atoms with Crippen LogP contribution in [-0.2, 0) is 4.79 Å². The molecule has 2 heteroatoms. The van der Waals surface area contributed by atoms with Gasteiger partial charge in [-0.25, -0.2) is 0 Å². The van der Waals surface area contributed by atoms with Crippen molar-refractivity contribution < 1.29 is 9.90 Å². The largest absolute Gasteiger partial charge is 0.508 e. The number of carbonyl (C=O) groups excluding carboxylic acids is 1. The number of aliphatic hydroxyl groups excluding tert-OH is 1. The van der Waals surface area contributed by atoms with Crippen molar-refractivity contribution in [1.29, 1.82) is 0 Å². The van der Waals surface area contributed by atoms with Gasteiger partial charge in [0.1, 0.15) is 5.76 Å². The third kappa shape index (κ3) is 3.73. The quantitative estimate of drug-likeness (QED) is 0.478. The lowest BCUT2D eigenvalue weighted by atomic mass is 10.1. The number of allylic oxidation sites excluding steroid dienone is 2. The van der Waals surface area contributed by atoms with Crippen LogP contribution in [-0.4, -0.2) is 10.9 Å². The summed E-state index contributed by atoms with van der Waals surface area (Å²) in [6.45, 7) is 5.49. The Balaban J connectivity index is 2.84. The second kappa shape index (κ2) is 5.31. The number of ketones is 1. The van der Waals surface area contributed by atoms with Crippen molar-refractivity contribution in [3.8, 4) is 0 Å². The summed E-state index contributed by atoms with van der Waals surface area (Å²) in [6.07, 6.45) is 4.49. The monoisotopic (exact) mass is 216 g/mol. The fourth-order valence-corrected chi connectivity index (χ4v) is 1.31. The van der Waals surface area contributed by atoms with Gasteiger partial charge in [0.05, 0.1) is 0 Å². The third-order valence-electron chi connectivity index (χ3n) is 2.33. The fraction of sp³-hybridized carbons (Fsp3) is 0.214.